The molecule has 0 spiro atoms. The molecular weight excluding hydrogens is 308 g/mol. The fourth-order valence-corrected chi connectivity index (χ4v) is 3.61. The number of benzene rings is 2. The van der Waals surface area contributed by atoms with Gasteiger partial charge in [-0.05, 0) is 41.5 Å². The Morgan fingerprint density at radius 2 is 1.43 bits per heavy atom. The minimum atomic E-state index is -4.28. The van der Waals surface area contributed by atoms with Crippen LogP contribution in [0, 0.1) is 6.92 Å². The van der Waals surface area contributed by atoms with Crippen LogP contribution in [0.2, 0.25) is 0 Å². The van der Waals surface area contributed by atoms with Crippen molar-refractivity contribution in [2.24, 2.45) is 0 Å². The van der Waals surface area contributed by atoms with E-state index in [1.54, 1.807) is 6.07 Å². The van der Waals surface area contributed by atoms with Gasteiger partial charge in [0.25, 0.3) is 10.1 Å². The predicted molar refractivity (Wildman–Crippen MR) is 94.6 cm³/mol. The fraction of sp³-hybridized carbons (Fsp3) is 0.368. The zero-order valence-corrected chi connectivity index (χ0v) is 15.1. The second-order valence-electron chi connectivity index (χ2n) is 6.60. The third kappa shape index (κ3) is 3.65. The molecule has 0 amide bonds. The van der Waals surface area contributed by atoms with E-state index in [-0.39, 0.29) is 16.7 Å². The summed E-state index contributed by atoms with van der Waals surface area (Å²) in [6, 6.07) is 11.1. The summed E-state index contributed by atoms with van der Waals surface area (Å²) in [6.45, 7) is 10.3. The number of hydrogen-bond acceptors (Lipinski definition) is 2. The molecule has 3 nitrogen and oxygen atoms in total. The van der Waals surface area contributed by atoms with Crippen molar-refractivity contribution in [3.8, 4) is 11.1 Å². The van der Waals surface area contributed by atoms with Gasteiger partial charge >= 0.3 is 0 Å². The molecule has 1 N–H and O–H groups in total. The first-order valence-electron chi connectivity index (χ1n) is 7.84. The molecule has 2 aromatic carbocycles. The van der Waals surface area contributed by atoms with Crippen molar-refractivity contribution in [3.63, 3.8) is 0 Å². The molecule has 23 heavy (non-hydrogen) atoms. The van der Waals surface area contributed by atoms with Gasteiger partial charge in [0.2, 0.25) is 0 Å². The third-order valence-electron chi connectivity index (χ3n) is 4.06. The molecule has 0 aliphatic carbocycles. The van der Waals surface area contributed by atoms with E-state index >= 15 is 0 Å². The molecule has 124 valence electrons. The third-order valence-corrected chi connectivity index (χ3v) is 4.97. The molecule has 0 bridgehead atoms. The Morgan fingerprint density at radius 1 is 0.913 bits per heavy atom. The normalized spacial score (nSPS) is 12.2. The summed E-state index contributed by atoms with van der Waals surface area (Å²) in [5, 5.41) is 0. The quantitative estimate of drug-likeness (QED) is 0.787. The molecule has 0 aliphatic heterocycles. The zero-order valence-electron chi connectivity index (χ0n) is 14.3. The van der Waals surface area contributed by atoms with Crippen LogP contribution < -0.4 is 0 Å². The van der Waals surface area contributed by atoms with Gasteiger partial charge in [-0.3, -0.25) is 4.55 Å². The molecule has 0 aromatic heterocycles. The predicted octanol–water partition coefficient (Wildman–Crippen LogP) is 5.16. The van der Waals surface area contributed by atoms with Gasteiger partial charge < -0.3 is 0 Å². The van der Waals surface area contributed by atoms with Crippen LogP contribution in [0.4, 0.5) is 0 Å². The molecule has 0 saturated heterocycles. The summed E-state index contributed by atoms with van der Waals surface area (Å²) >= 11 is 0. The Balaban J connectivity index is 2.94. The molecule has 0 fully saturated rings. The van der Waals surface area contributed by atoms with Gasteiger partial charge in [0.05, 0.1) is 0 Å². The average Bonchev–Trinajstić information content (AvgIpc) is 2.44. The summed E-state index contributed by atoms with van der Waals surface area (Å²) < 4.78 is 33.4. The Kier molecular flexibility index (Phi) is 4.97. The first-order valence-corrected chi connectivity index (χ1v) is 9.28. The molecule has 2 aromatic rings. The van der Waals surface area contributed by atoms with Crippen molar-refractivity contribution in [1.29, 1.82) is 0 Å². The van der Waals surface area contributed by atoms with Gasteiger partial charge in [0.1, 0.15) is 4.90 Å². The highest BCUT2D eigenvalue weighted by Gasteiger charge is 2.22. The minimum Gasteiger partial charge on any atom is -0.282 e. The molecule has 2 rings (SSSR count). The van der Waals surface area contributed by atoms with Crippen molar-refractivity contribution < 1.29 is 13.0 Å². The van der Waals surface area contributed by atoms with E-state index in [0.717, 1.165) is 22.3 Å². The molecule has 0 radical (unpaired) electrons. The van der Waals surface area contributed by atoms with Crippen LogP contribution in [0.5, 0.6) is 0 Å². The molecule has 0 saturated carbocycles. The largest absolute Gasteiger partial charge is 0.295 e. The van der Waals surface area contributed by atoms with E-state index in [2.05, 4.69) is 27.7 Å². The highest BCUT2D eigenvalue weighted by molar-refractivity contribution is 7.86. The maximum Gasteiger partial charge on any atom is 0.295 e. The van der Waals surface area contributed by atoms with Crippen LogP contribution in [-0.2, 0) is 10.1 Å². The maximum absolute atomic E-state index is 11.9. The molecule has 4 heteroatoms. The first-order chi connectivity index (χ1) is 10.6. The average molecular weight is 332 g/mol. The molecule has 0 aliphatic rings. The molecular formula is C19H24O3S. The Morgan fingerprint density at radius 3 is 1.87 bits per heavy atom. The standard InChI is InChI=1S/C19H24O3S/c1-12(2)15-7-6-8-16(13(3)4)19(15)17-11-14(5)9-10-18(17)23(20,21)22/h6-13H,1-5H3,(H,20,21,22). The SMILES string of the molecule is Cc1ccc(S(=O)(=O)O)c(-c2c(C(C)C)cccc2C(C)C)c1. The molecule has 0 unspecified atom stereocenters. The van der Waals surface area contributed by atoms with Crippen molar-refractivity contribution >= 4 is 10.1 Å². The van der Waals surface area contributed by atoms with Crippen molar-refractivity contribution in [3.05, 3.63) is 53.1 Å². The Hall–Kier alpha value is -1.65. The Labute approximate surface area is 139 Å². The summed E-state index contributed by atoms with van der Waals surface area (Å²) in [5.74, 6) is 0.497. The van der Waals surface area contributed by atoms with Gasteiger partial charge in [0.15, 0.2) is 0 Å². The van der Waals surface area contributed by atoms with E-state index in [1.807, 2.05) is 31.2 Å². The molecule has 0 atom stereocenters. The maximum atomic E-state index is 11.9. The Bertz CT molecular complexity index is 792. The number of rotatable bonds is 4. The van der Waals surface area contributed by atoms with Crippen molar-refractivity contribution in [2.75, 3.05) is 0 Å². The first kappa shape index (κ1) is 17.7. The van der Waals surface area contributed by atoms with Gasteiger partial charge in [-0.15, -0.1) is 0 Å². The van der Waals surface area contributed by atoms with E-state index in [1.165, 1.54) is 6.07 Å². The summed E-state index contributed by atoms with van der Waals surface area (Å²) in [6.07, 6.45) is 0. The van der Waals surface area contributed by atoms with Gasteiger partial charge in [0, 0.05) is 5.56 Å². The van der Waals surface area contributed by atoms with E-state index in [0.29, 0.717) is 5.56 Å². The van der Waals surface area contributed by atoms with Crippen LogP contribution in [0.25, 0.3) is 11.1 Å². The summed E-state index contributed by atoms with van der Waals surface area (Å²) in [7, 11) is -4.28. The fourth-order valence-electron chi connectivity index (χ4n) is 2.93. The second kappa shape index (κ2) is 6.46. The van der Waals surface area contributed by atoms with Gasteiger partial charge in [-0.2, -0.15) is 8.42 Å². The van der Waals surface area contributed by atoms with Gasteiger partial charge in [-0.25, -0.2) is 0 Å². The van der Waals surface area contributed by atoms with Crippen LogP contribution in [0.1, 0.15) is 56.2 Å². The highest BCUT2D eigenvalue weighted by Crippen LogP contribution is 2.39. The number of hydrogen-bond donors (Lipinski definition) is 1. The second-order valence-corrected chi connectivity index (χ2v) is 7.99. The highest BCUT2D eigenvalue weighted by atomic mass is 32.2. The lowest BCUT2D eigenvalue weighted by molar-refractivity contribution is 0.483. The molecule has 0 heterocycles. The smallest absolute Gasteiger partial charge is 0.282 e. The lowest BCUT2D eigenvalue weighted by Gasteiger charge is -2.21. The lowest BCUT2D eigenvalue weighted by Crippen LogP contribution is -2.06. The van der Waals surface area contributed by atoms with E-state index in [9.17, 15) is 13.0 Å². The van der Waals surface area contributed by atoms with E-state index in [4.69, 9.17) is 0 Å². The van der Waals surface area contributed by atoms with Crippen molar-refractivity contribution in [1.82, 2.24) is 0 Å². The van der Waals surface area contributed by atoms with Crippen LogP contribution in [-0.4, -0.2) is 13.0 Å². The zero-order chi connectivity index (χ0) is 17.4. The number of aryl methyl sites for hydroxylation is 1. The summed E-state index contributed by atoms with van der Waals surface area (Å²) in [5.41, 5.74) is 4.65. The lowest BCUT2D eigenvalue weighted by atomic mass is 9.84. The van der Waals surface area contributed by atoms with E-state index < -0.39 is 10.1 Å². The monoisotopic (exact) mass is 332 g/mol. The van der Waals surface area contributed by atoms with Crippen LogP contribution in [0.3, 0.4) is 0 Å². The van der Waals surface area contributed by atoms with Crippen molar-refractivity contribution in [2.45, 2.75) is 51.3 Å². The van der Waals surface area contributed by atoms with Gasteiger partial charge in [-0.1, -0.05) is 63.6 Å². The minimum absolute atomic E-state index is 0.0295. The van der Waals surface area contributed by atoms with Crippen LogP contribution >= 0.6 is 0 Å². The summed E-state index contributed by atoms with van der Waals surface area (Å²) in [4.78, 5) is -0.0295. The van der Waals surface area contributed by atoms with Crippen LogP contribution in [0.15, 0.2) is 41.3 Å². The topological polar surface area (TPSA) is 54.4 Å².